The first kappa shape index (κ1) is 18.2. The zero-order valence-corrected chi connectivity index (χ0v) is 15.4. The standard InChI is InChI=1S/C18H15BrClNO3/c1-11(12-7-8-15(20)14(19)10-12)9-17(22)21-16-6-4-3-5-13(16)18(23)24-2/h3-10H,1-2H3,(H,21,22). The first-order chi connectivity index (χ1) is 11.4. The minimum atomic E-state index is -0.506. The maximum atomic E-state index is 12.2. The molecule has 0 aliphatic heterocycles. The van der Waals surface area contributed by atoms with Crippen molar-refractivity contribution in [2.45, 2.75) is 6.92 Å². The molecule has 0 aromatic heterocycles. The van der Waals surface area contributed by atoms with Crippen molar-refractivity contribution in [2.24, 2.45) is 0 Å². The molecule has 0 aliphatic carbocycles. The van der Waals surface area contributed by atoms with E-state index >= 15 is 0 Å². The minimum absolute atomic E-state index is 0.300. The van der Waals surface area contributed by atoms with E-state index in [2.05, 4.69) is 21.2 Å². The average molecular weight is 409 g/mol. The molecule has 0 bridgehead atoms. The second-order valence-electron chi connectivity index (χ2n) is 4.98. The van der Waals surface area contributed by atoms with E-state index < -0.39 is 5.97 Å². The molecule has 2 rings (SSSR count). The Hall–Kier alpha value is -2.11. The third-order valence-electron chi connectivity index (χ3n) is 3.31. The summed E-state index contributed by atoms with van der Waals surface area (Å²) in [6.45, 7) is 1.82. The molecule has 2 aromatic carbocycles. The first-order valence-electron chi connectivity index (χ1n) is 7.04. The van der Waals surface area contributed by atoms with Gasteiger partial charge in [0.1, 0.15) is 0 Å². The van der Waals surface area contributed by atoms with E-state index in [9.17, 15) is 9.59 Å². The van der Waals surface area contributed by atoms with Crippen LogP contribution < -0.4 is 5.32 Å². The molecule has 0 aliphatic rings. The van der Waals surface area contributed by atoms with Crippen molar-refractivity contribution >= 4 is 50.7 Å². The van der Waals surface area contributed by atoms with Gasteiger partial charge >= 0.3 is 5.97 Å². The molecule has 0 spiro atoms. The van der Waals surface area contributed by atoms with E-state index in [-0.39, 0.29) is 5.91 Å². The Morgan fingerprint density at radius 2 is 1.92 bits per heavy atom. The lowest BCUT2D eigenvalue weighted by Gasteiger charge is -2.09. The molecule has 0 fully saturated rings. The van der Waals surface area contributed by atoms with E-state index in [0.717, 1.165) is 15.6 Å². The Kier molecular flexibility index (Phi) is 6.17. The molecule has 0 heterocycles. The van der Waals surface area contributed by atoms with Crippen molar-refractivity contribution in [3.63, 3.8) is 0 Å². The molecular formula is C18H15BrClNO3. The monoisotopic (exact) mass is 407 g/mol. The SMILES string of the molecule is COC(=O)c1ccccc1NC(=O)C=C(C)c1ccc(Cl)c(Br)c1. The Balaban J connectivity index is 2.21. The Labute approximate surface area is 153 Å². The Morgan fingerprint density at radius 3 is 2.58 bits per heavy atom. The second kappa shape index (κ2) is 8.13. The first-order valence-corrected chi connectivity index (χ1v) is 8.21. The van der Waals surface area contributed by atoms with Crippen molar-refractivity contribution in [2.75, 3.05) is 12.4 Å². The number of hydrogen-bond acceptors (Lipinski definition) is 3. The lowest BCUT2D eigenvalue weighted by atomic mass is 10.1. The smallest absolute Gasteiger partial charge is 0.339 e. The van der Waals surface area contributed by atoms with Gasteiger partial charge in [-0.05, 0) is 58.3 Å². The number of methoxy groups -OCH3 is 1. The number of para-hydroxylation sites is 1. The number of esters is 1. The molecule has 0 atom stereocenters. The molecule has 1 N–H and O–H groups in total. The van der Waals surface area contributed by atoms with E-state index in [4.69, 9.17) is 16.3 Å². The molecule has 0 unspecified atom stereocenters. The highest BCUT2D eigenvalue weighted by atomic mass is 79.9. The third-order valence-corrected chi connectivity index (χ3v) is 4.53. The highest BCUT2D eigenvalue weighted by molar-refractivity contribution is 9.10. The van der Waals surface area contributed by atoms with Crippen LogP contribution in [0.15, 0.2) is 53.0 Å². The molecule has 24 heavy (non-hydrogen) atoms. The lowest BCUT2D eigenvalue weighted by Crippen LogP contribution is -2.13. The minimum Gasteiger partial charge on any atom is -0.465 e. The number of anilines is 1. The van der Waals surface area contributed by atoms with Crippen molar-refractivity contribution in [1.29, 1.82) is 0 Å². The van der Waals surface area contributed by atoms with Gasteiger partial charge < -0.3 is 10.1 Å². The number of amides is 1. The van der Waals surface area contributed by atoms with E-state index in [0.29, 0.717) is 16.3 Å². The molecular weight excluding hydrogens is 394 g/mol. The normalized spacial score (nSPS) is 11.1. The van der Waals surface area contributed by atoms with Crippen molar-refractivity contribution in [3.8, 4) is 0 Å². The van der Waals surface area contributed by atoms with Crippen LogP contribution in [0.1, 0.15) is 22.8 Å². The summed E-state index contributed by atoms with van der Waals surface area (Å²) in [6, 6.07) is 12.1. The summed E-state index contributed by atoms with van der Waals surface area (Å²) in [7, 11) is 1.30. The van der Waals surface area contributed by atoms with Crippen molar-refractivity contribution < 1.29 is 14.3 Å². The number of rotatable bonds is 4. The molecule has 0 radical (unpaired) electrons. The largest absolute Gasteiger partial charge is 0.465 e. The summed E-state index contributed by atoms with van der Waals surface area (Å²) in [5, 5.41) is 3.30. The van der Waals surface area contributed by atoms with Crippen LogP contribution >= 0.6 is 27.5 Å². The Bertz CT molecular complexity index is 818. The summed E-state index contributed by atoms with van der Waals surface area (Å²) in [5.74, 6) is -0.844. The van der Waals surface area contributed by atoms with Gasteiger partial charge in [-0.1, -0.05) is 29.8 Å². The van der Waals surface area contributed by atoms with Crippen molar-refractivity contribution in [1.82, 2.24) is 0 Å². The Morgan fingerprint density at radius 1 is 1.21 bits per heavy atom. The number of nitrogens with one attached hydrogen (secondary N) is 1. The quantitative estimate of drug-likeness (QED) is 0.576. The summed E-state index contributed by atoms with van der Waals surface area (Å²) >= 11 is 9.33. The predicted molar refractivity (Wildman–Crippen MR) is 99.2 cm³/mol. The second-order valence-corrected chi connectivity index (χ2v) is 6.24. The van der Waals surface area contributed by atoms with E-state index in [1.54, 1.807) is 30.3 Å². The molecule has 0 saturated carbocycles. The number of halogens is 2. The van der Waals surface area contributed by atoms with Crippen LogP contribution in [-0.2, 0) is 9.53 Å². The van der Waals surface area contributed by atoms with Crippen LogP contribution in [-0.4, -0.2) is 19.0 Å². The topological polar surface area (TPSA) is 55.4 Å². The van der Waals surface area contributed by atoms with Gasteiger partial charge in [0, 0.05) is 10.5 Å². The van der Waals surface area contributed by atoms with Gasteiger partial charge in [0.2, 0.25) is 5.91 Å². The zero-order chi connectivity index (χ0) is 17.7. The van der Waals surface area contributed by atoms with Gasteiger partial charge in [0.25, 0.3) is 0 Å². The fraction of sp³-hybridized carbons (Fsp3) is 0.111. The fourth-order valence-corrected chi connectivity index (χ4v) is 2.57. The van der Waals surface area contributed by atoms with E-state index in [1.807, 2.05) is 19.1 Å². The van der Waals surface area contributed by atoms with Crippen LogP contribution in [0.4, 0.5) is 5.69 Å². The van der Waals surface area contributed by atoms with Gasteiger partial charge in [-0.15, -0.1) is 0 Å². The predicted octanol–water partition coefficient (Wildman–Crippen LogP) is 4.93. The van der Waals surface area contributed by atoms with Crippen LogP contribution in [0.3, 0.4) is 0 Å². The van der Waals surface area contributed by atoms with Gasteiger partial charge in [0.15, 0.2) is 0 Å². The highest BCUT2D eigenvalue weighted by Crippen LogP contribution is 2.26. The number of carbonyl (C=O) groups is 2. The van der Waals surface area contributed by atoms with Crippen LogP contribution in [0, 0.1) is 0 Å². The van der Waals surface area contributed by atoms with Gasteiger partial charge in [-0.2, -0.15) is 0 Å². The van der Waals surface area contributed by atoms with Crippen LogP contribution in [0.2, 0.25) is 5.02 Å². The fourth-order valence-electron chi connectivity index (χ4n) is 2.07. The summed E-state index contributed by atoms with van der Waals surface area (Å²) < 4.78 is 5.47. The number of ether oxygens (including phenoxy) is 1. The van der Waals surface area contributed by atoms with E-state index in [1.165, 1.54) is 13.2 Å². The van der Waals surface area contributed by atoms with Gasteiger partial charge in [-0.3, -0.25) is 4.79 Å². The zero-order valence-electron chi connectivity index (χ0n) is 13.1. The molecule has 2 aromatic rings. The molecule has 4 nitrogen and oxygen atoms in total. The number of hydrogen-bond donors (Lipinski definition) is 1. The average Bonchev–Trinajstić information content (AvgIpc) is 2.57. The lowest BCUT2D eigenvalue weighted by molar-refractivity contribution is -0.111. The van der Waals surface area contributed by atoms with Gasteiger partial charge in [0.05, 0.1) is 23.4 Å². The summed E-state index contributed by atoms with van der Waals surface area (Å²) in [6.07, 6.45) is 1.46. The maximum absolute atomic E-state index is 12.2. The third kappa shape index (κ3) is 4.46. The molecule has 124 valence electrons. The highest BCUT2D eigenvalue weighted by Gasteiger charge is 2.12. The summed E-state index contributed by atoms with van der Waals surface area (Å²) in [5.41, 5.74) is 2.33. The van der Waals surface area contributed by atoms with Crippen molar-refractivity contribution in [3.05, 3.63) is 69.2 Å². The van der Waals surface area contributed by atoms with Gasteiger partial charge in [-0.25, -0.2) is 4.79 Å². The maximum Gasteiger partial charge on any atom is 0.339 e. The summed E-state index contributed by atoms with van der Waals surface area (Å²) in [4.78, 5) is 24.0. The number of allylic oxidation sites excluding steroid dienone is 1. The van der Waals surface area contributed by atoms with Crippen LogP contribution in [0.5, 0.6) is 0 Å². The number of carbonyl (C=O) groups excluding carboxylic acids is 2. The molecule has 6 heteroatoms. The van der Waals surface area contributed by atoms with Crippen LogP contribution in [0.25, 0.3) is 5.57 Å². The molecule has 1 amide bonds. The molecule has 0 saturated heterocycles. The number of benzene rings is 2.